The fourth-order valence-corrected chi connectivity index (χ4v) is 3.92. The van der Waals surface area contributed by atoms with Crippen LogP contribution in [0.5, 0.6) is 0 Å². The van der Waals surface area contributed by atoms with Gasteiger partial charge in [-0.05, 0) is 38.8 Å². The summed E-state index contributed by atoms with van der Waals surface area (Å²) in [5.41, 5.74) is 0. The molecule has 1 aromatic rings. The summed E-state index contributed by atoms with van der Waals surface area (Å²) in [7, 11) is 0. The molecule has 0 bridgehead atoms. The molecule has 134 valence electrons. The number of imidazole rings is 1. The van der Waals surface area contributed by atoms with Crippen LogP contribution in [0.3, 0.4) is 0 Å². The van der Waals surface area contributed by atoms with Crippen molar-refractivity contribution in [3.05, 3.63) is 18.2 Å². The van der Waals surface area contributed by atoms with Crippen LogP contribution in [0.15, 0.2) is 12.4 Å². The highest BCUT2D eigenvalue weighted by Crippen LogP contribution is 2.20. The van der Waals surface area contributed by atoms with E-state index in [2.05, 4.69) is 26.7 Å². The maximum absolute atomic E-state index is 12.3. The molecular formula is C18H31N5O. The zero-order valence-electron chi connectivity index (χ0n) is 14.9. The summed E-state index contributed by atoms with van der Waals surface area (Å²) in [6.45, 7) is 7.98. The fourth-order valence-electron chi connectivity index (χ4n) is 3.92. The lowest BCUT2D eigenvalue weighted by atomic mass is 10.1. The van der Waals surface area contributed by atoms with E-state index in [1.807, 2.05) is 17.3 Å². The average Bonchev–Trinajstić information content (AvgIpc) is 3.28. The number of amides is 2. The highest BCUT2D eigenvalue weighted by atomic mass is 16.2. The van der Waals surface area contributed by atoms with E-state index < -0.39 is 0 Å². The van der Waals surface area contributed by atoms with Crippen LogP contribution in [-0.4, -0.2) is 64.1 Å². The number of piperidine rings is 1. The van der Waals surface area contributed by atoms with Gasteiger partial charge >= 0.3 is 6.03 Å². The van der Waals surface area contributed by atoms with Gasteiger partial charge in [-0.1, -0.05) is 13.3 Å². The minimum absolute atomic E-state index is 0.107. The number of aryl methyl sites for hydroxylation is 2. The Balaban J connectivity index is 1.35. The number of aromatic nitrogens is 2. The molecule has 0 spiro atoms. The van der Waals surface area contributed by atoms with Crippen molar-refractivity contribution in [3.63, 3.8) is 0 Å². The van der Waals surface area contributed by atoms with E-state index >= 15 is 0 Å². The first kappa shape index (κ1) is 17.3. The molecule has 24 heavy (non-hydrogen) atoms. The van der Waals surface area contributed by atoms with Gasteiger partial charge in [0.15, 0.2) is 0 Å². The summed E-state index contributed by atoms with van der Waals surface area (Å²) in [6, 6.07) is 0.685. The number of carbonyl (C=O) groups is 1. The van der Waals surface area contributed by atoms with E-state index in [4.69, 9.17) is 0 Å². The van der Waals surface area contributed by atoms with Gasteiger partial charge in [-0.2, -0.15) is 0 Å². The second-order valence-corrected chi connectivity index (χ2v) is 6.96. The van der Waals surface area contributed by atoms with E-state index in [1.165, 1.54) is 32.4 Å². The first-order chi connectivity index (χ1) is 11.8. The SMILES string of the molecule is CCc1nccn1CCCNC(=O)N1CCC(N2CCCCC2)C1. The highest BCUT2D eigenvalue weighted by Gasteiger charge is 2.30. The third kappa shape index (κ3) is 4.29. The summed E-state index contributed by atoms with van der Waals surface area (Å²) in [6.07, 6.45) is 10.9. The molecule has 2 aliphatic heterocycles. The molecule has 0 saturated carbocycles. The van der Waals surface area contributed by atoms with Gasteiger partial charge in [-0.3, -0.25) is 4.90 Å². The van der Waals surface area contributed by atoms with E-state index in [0.29, 0.717) is 6.04 Å². The van der Waals surface area contributed by atoms with Gasteiger partial charge < -0.3 is 14.8 Å². The molecule has 0 aliphatic carbocycles. The largest absolute Gasteiger partial charge is 0.338 e. The summed E-state index contributed by atoms with van der Waals surface area (Å²) in [5.74, 6) is 1.12. The molecule has 3 heterocycles. The number of urea groups is 1. The van der Waals surface area contributed by atoms with Crippen LogP contribution >= 0.6 is 0 Å². The number of rotatable bonds is 6. The third-order valence-corrected chi connectivity index (χ3v) is 5.33. The number of likely N-dealkylation sites (tertiary alicyclic amines) is 2. The topological polar surface area (TPSA) is 53.4 Å². The Morgan fingerprint density at radius 1 is 1.29 bits per heavy atom. The fraction of sp³-hybridized carbons (Fsp3) is 0.778. The van der Waals surface area contributed by atoms with Crippen LogP contribution in [0.2, 0.25) is 0 Å². The van der Waals surface area contributed by atoms with E-state index in [1.54, 1.807) is 0 Å². The standard InChI is InChI=1S/C18H31N5O/c1-2-17-19-9-14-22(17)12-6-8-20-18(24)23-13-7-16(15-23)21-10-4-3-5-11-21/h9,14,16H,2-8,10-13,15H2,1H3,(H,20,24). The molecule has 2 aliphatic rings. The van der Waals surface area contributed by atoms with Gasteiger partial charge in [0.25, 0.3) is 0 Å². The van der Waals surface area contributed by atoms with Gasteiger partial charge in [0, 0.05) is 51.0 Å². The zero-order chi connectivity index (χ0) is 16.8. The minimum atomic E-state index is 0.107. The Hall–Kier alpha value is -1.56. The number of hydrogen-bond donors (Lipinski definition) is 1. The molecule has 3 rings (SSSR count). The van der Waals surface area contributed by atoms with Gasteiger partial charge in [0.05, 0.1) is 0 Å². The van der Waals surface area contributed by atoms with E-state index in [9.17, 15) is 4.79 Å². The Morgan fingerprint density at radius 3 is 2.92 bits per heavy atom. The summed E-state index contributed by atoms with van der Waals surface area (Å²) in [5, 5.41) is 3.08. The van der Waals surface area contributed by atoms with Gasteiger partial charge in [-0.25, -0.2) is 9.78 Å². The molecule has 6 nitrogen and oxygen atoms in total. The summed E-state index contributed by atoms with van der Waals surface area (Å²) < 4.78 is 2.17. The van der Waals surface area contributed by atoms with Crippen molar-refractivity contribution in [3.8, 4) is 0 Å². The predicted octanol–water partition coefficient (Wildman–Crippen LogP) is 2.11. The van der Waals surface area contributed by atoms with Crippen molar-refractivity contribution in [2.75, 3.05) is 32.7 Å². The smallest absolute Gasteiger partial charge is 0.317 e. The minimum Gasteiger partial charge on any atom is -0.338 e. The second kappa shape index (κ2) is 8.51. The first-order valence-corrected chi connectivity index (χ1v) is 9.54. The third-order valence-electron chi connectivity index (χ3n) is 5.33. The van der Waals surface area contributed by atoms with Crippen LogP contribution in [0, 0.1) is 0 Å². The zero-order valence-corrected chi connectivity index (χ0v) is 14.9. The summed E-state index contributed by atoms with van der Waals surface area (Å²) in [4.78, 5) is 21.2. The number of hydrogen-bond acceptors (Lipinski definition) is 3. The first-order valence-electron chi connectivity index (χ1n) is 9.54. The molecular weight excluding hydrogens is 302 g/mol. The number of nitrogens with one attached hydrogen (secondary N) is 1. The van der Waals surface area contributed by atoms with Crippen molar-refractivity contribution in [1.82, 2.24) is 24.7 Å². The van der Waals surface area contributed by atoms with E-state index in [-0.39, 0.29) is 6.03 Å². The van der Waals surface area contributed by atoms with Gasteiger partial charge in [-0.15, -0.1) is 0 Å². The average molecular weight is 333 g/mol. The Morgan fingerprint density at radius 2 is 2.12 bits per heavy atom. The Bertz CT molecular complexity index is 523. The van der Waals surface area contributed by atoms with Crippen molar-refractivity contribution in [2.45, 2.75) is 58.0 Å². The Labute approximate surface area is 145 Å². The van der Waals surface area contributed by atoms with Gasteiger partial charge in [0.2, 0.25) is 0 Å². The maximum Gasteiger partial charge on any atom is 0.317 e. The van der Waals surface area contributed by atoms with Crippen LogP contribution in [-0.2, 0) is 13.0 Å². The van der Waals surface area contributed by atoms with E-state index in [0.717, 1.165) is 51.3 Å². The van der Waals surface area contributed by atoms with Gasteiger partial charge in [0.1, 0.15) is 5.82 Å². The lowest BCUT2D eigenvalue weighted by molar-refractivity contribution is 0.161. The molecule has 1 aromatic heterocycles. The second-order valence-electron chi connectivity index (χ2n) is 6.96. The molecule has 2 amide bonds. The van der Waals surface area contributed by atoms with Crippen molar-refractivity contribution < 1.29 is 4.79 Å². The molecule has 0 radical (unpaired) electrons. The van der Waals surface area contributed by atoms with Crippen LogP contribution in [0.25, 0.3) is 0 Å². The molecule has 2 fully saturated rings. The quantitative estimate of drug-likeness (QED) is 0.811. The van der Waals surface area contributed by atoms with Crippen LogP contribution < -0.4 is 5.32 Å². The Kier molecular flexibility index (Phi) is 6.12. The highest BCUT2D eigenvalue weighted by molar-refractivity contribution is 5.74. The molecule has 1 N–H and O–H groups in total. The van der Waals surface area contributed by atoms with Crippen LogP contribution in [0.1, 0.15) is 44.9 Å². The lowest BCUT2D eigenvalue weighted by Gasteiger charge is -2.32. The molecule has 6 heteroatoms. The van der Waals surface area contributed by atoms with Crippen molar-refractivity contribution in [1.29, 1.82) is 0 Å². The molecule has 0 aromatic carbocycles. The molecule has 1 unspecified atom stereocenters. The van der Waals surface area contributed by atoms with Crippen LogP contribution in [0.4, 0.5) is 4.79 Å². The maximum atomic E-state index is 12.3. The normalized spacial score (nSPS) is 22.0. The van der Waals surface area contributed by atoms with Crippen molar-refractivity contribution >= 4 is 6.03 Å². The van der Waals surface area contributed by atoms with Crippen molar-refractivity contribution in [2.24, 2.45) is 0 Å². The monoisotopic (exact) mass is 333 g/mol. The summed E-state index contributed by atoms with van der Waals surface area (Å²) >= 11 is 0. The molecule has 1 atom stereocenters. The number of nitrogens with zero attached hydrogens (tertiary/aromatic N) is 4. The molecule has 2 saturated heterocycles. The lowest BCUT2D eigenvalue weighted by Crippen LogP contribution is -2.44. The predicted molar refractivity (Wildman–Crippen MR) is 95.0 cm³/mol. The number of carbonyl (C=O) groups excluding carboxylic acids is 1.